The smallest absolute Gasteiger partial charge is 0.322 e. The van der Waals surface area contributed by atoms with Gasteiger partial charge in [-0.05, 0) is 48.9 Å². The van der Waals surface area contributed by atoms with Crippen molar-refractivity contribution in [1.82, 2.24) is 24.2 Å². The van der Waals surface area contributed by atoms with E-state index in [1.54, 1.807) is 24.0 Å². The van der Waals surface area contributed by atoms with Gasteiger partial charge in [0.2, 0.25) is 0 Å². The molecule has 1 aliphatic heterocycles. The molecule has 1 saturated heterocycles. The van der Waals surface area contributed by atoms with Gasteiger partial charge in [-0.25, -0.2) is 9.37 Å². The second kappa shape index (κ2) is 9.46. The molecule has 0 radical (unpaired) electrons. The van der Waals surface area contributed by atoms with Crippen LogP contribution in [0.2, 0.25) is 0 Å². The van der Waals surface area contributed by atoms with Crippen LogP contribution in [-0.2, 0) is 12.6 Å². The van der Waals surface area contributed by atoms with Gasteiger partial charge in [0.05, 0.1) is 11.2 Å². The summed E-state index contributed by atoms with van der Waals surface area (Å²) in [6.07, 6.45) is 4.25. The van der Waals surface area contributed by atoms with Crippen LogP contribution in [0, 0.1) is 5.82 Å². The van der Waals surface area contributed by atoms with E-state index in [4.69, 9.17) is 9.72 Å². The number of para-hydroxylation sites is 1. The second-order valence-electron chi connectivity index (χ2n) is 8.83. The van der Waals surface area contributed by atoms with Gasteiger partial charge in [0.25, 0.3) is 5.56 Å². The lowest BCUT2D eigenvalue weighted by atomic mass is 9.71. The topological polar surface area (TPSA) is 65.2 Å². The number of hydrogen-bond acceptors (Lipinski definition) is 5. The number of likely N-dealkylation sites (tertiary alicyclic amines) is 1. The molecule has 180 valence electrons. The summed E-state index contributed by atoms with van der Waals surface area (Å²) in [5, 5.41) is 0. The average molecular weight is 474 g/mol. The molecule has 0 saturated carbocycles. The third-order valence-corrected chi connectivity index (χ3v) is 6.99. The molecule has 2 aromatic carbocycles. The fourth-order valence-corrected chi connectivity index (χ4v) is 5.16. The molecule has 0 amide bonds. The molecule has 5 rings (SSSR count). The van der Waals surface area contributed by atoms with Crippen LogP contribution in [0.1, 0.15) is 30.5 Å². The van der Waals surface area contributed by atoms with Gasteiger partial charge in [-0.1, -0.05) is 37.3 Å². The standard InChI is InChI=1S/C27H28FN5O2/c1-3-32-18-15-27(20-9-11-21(28)12-10-20,33-17-14-25(34)31(33)2)23(19-32)24-13-16-29-26(30-24)35-22-7-5-4-6-8-22/h4-14,16-17,23H,3,15,18-19H2,1-2H3. The molecule has 2 atom stereocenters. The molecule has 0 spiro atoms. The van der Waals surface area contributed by atoms with E-state index in [9.17, 15) is 9.18 Å². The zero-order chi connectivity index (χ0) is 24.4. The van der Waals surface area contributed by atoms with Crippen molar-refractivity contribution < 1.29 is 9.13 Å². The van der Waals surface area contributed by atoms with E-state index in [2.05, 4.69) is 16.8 Å². The van der Waals surface area contributed by atoms with Crippen molar-refractivity contribution in [2.24, 2.45) is 7.05 Å². The molecule has 4 aromatic rings. The summed E-state index contributed by atoms with van der Waals surface area (Å²) in [5.74, 6) is 0.204. The fourth-order valence-electron chi connectivity index (χ4n) is 5.16. The largest absolute Gasteiger partial charge is 0.424 e. The highest BCUT2D eigenvalue weighted by Gasteiger charge is 2.48. The zero-order valence-corrected chi connectivity index (χ0v) is 19.8. The van der Waals surface area contributed by atoms with Crippen molar-refractivity contribution in [3.63, 3.8) is 0 Å². The summed E-state index contributed by atoms with van der Waals surface area (Å²) >= 11 is 0. The van der Waals surface area contributed by atoms with E-state index in [1.165, 1.54) is 12.1 Å². The molecular formula is C27H28FN5O2. The van der Waals surface area contributed by atoms with Gasteiger partial charge in [0.15, 0.2) is 0 Å². The van der Waals surface area contributed by atoms with Gasteiger partial charge in [-0.3, -0.25) is 14.2 Å². The number of likely N-dealkylation sites (N-methyl/N-ethyl adjacent to an activating group) is 1. The molecule has 7 nitrogen and oxygen atoms in total. The minimum absolute atomic E-state index is 0.0982. The Bertz CT molecular complexity index is 1350. The van der Waals surface area contributed by atoms with Crippen LogP contribution < -0.4 is 10.3 Å². The Morgan fingerprint density at radius 1 is 1.09 bits per heavy atom. The number of piperidine rings is 1. The van der Waals surface area contributed by atoms with Crippen LogP contribution in [0.4, 0.5) is 4.39 Å². The summed E-state index contributed by atoms with van der Waals surface area (Å²) in [6, 6.07) is 19.7. The van der Waals surface area contributed by atoms with E-state index in [0.717, 1.165) is 30.8 Å². The monoisotopic (exact) mass is 473 g/mol. The van der Waals surface area contributed by atoms with Crippen LogP contribution in [0.15, 0.2) is 83.9 Å². The Morgan fingerprint density at radius 3 is 2.54 bits per heavy atom. The van der Waals surface area contributed by atoms with E-state index < -0.39 is 5.54 Å². The predicted octanol–water partition coefficient (Wildman–Crippen LogP) is 4.16. The maximum atomic E-state index is 14.0. The first kappa shape index (κ1) is 23.0. The summed E-state index contributed by atoms with van der Waals surface area (Å²) in [7, 11) is 1.76. The lowest BCUT2D eigenvalue weighted by molar-refractivity contribution is 0.0932. The first-order chi connectivity index (χ1) is 17.0. The highest BCUT2D eigenvalue weighted by Crippen LogP contribution is 2.46. The molecule has 0 N–H and O–H groups in total. The van der Waals surface area contributed by atoms with E-state index in [1.807, 2.05) is 59.4 Å². The number of ether oxygens (including phenoxy) is 1. The summed E-state index contributed by atoms with van der Waals surface area (Å²) in [4.78, 5) is 24.1. The normalized spacial score (nSPS) is 20.6. The highest BCUT2D eigenvalue weighted by molar-refractivity contribution is 5.34. The highest BCUT2D eigenvalue weighted by atomic mass is 19.1. The molecular weight excluding hydrogens is 445 g/mol. The van der Waals surface area contributed by atoms with Gasteiger partial charge < -0.3 is 9.64 Å². The van der Waals surface area contributed by atoms with Crippen molar-refractivity contribution in [3.05, 3.63) is 107 Å². The molecule has 1 aliphatic rings. The maximum absolute atomic E-state index is 14.0. The molecule has 2 aromatic heterocycles. The molecule has 3 heterocycles. The molecule has 35 heavy (non-hydrogen) atoms. The van der Waals surface area contributed by atoms with Crippen LogP contribution >= 0.6 is 0 Å². The third kappa shape index (κ3) is 4.25. The number of benzene rings is 2. The quantitative estimate of drug-likeness (QED) is 0.421. The maximum Gasteiger partial charge on any atom is 0.322 e. The molecule has 0 bridgehead atoms. The average Bonchev–Trinajstić information content (AvgIpc) is 3.23. The Balaban J connectivity index is 1.67. The van der Waals surface area contributed by atoms with Crippen LogP contribution in [0.25, 0.3) is 0 Å². The molecule has 1 fully saturated rings. The lowest BCUT2D eigenvalue weighted by Gasteiger charge is -2.49. The number of nitrogens with zero attached hydrogens (tertiary/aromatic N) is 5. The van der Waals surface area contributed by atoms with Crippen LogP contribution in [0.3, 0.4) is 0 Å². The number of halogens is 1. The Labute approximate surface area is 203 Å². The molecule has 2 unspecified atom stereocenters. The number of rotatable bonds is 6. The Kier molecular flexibility index (Phi) is 6.21. The Hall–Kier alpha value is -3.78. The van der Waals surface area contributed by atoms with Crippen molar-refractivity contribution in [3.8, 4) is 11.8 Å². The summed E-state index contributed by atoms with van der Waals surface area (Å²) in [6.45, 7) is 4.56. The van der Waals surface area contributed by atoms with Crippen molar-refractivity contribution in [1.29, 1.82) is 0 Å². The van der Waals surface area contributed by atoms with E-state index >= 15 is 0 Å². The van der Waals surface area contributed by atoms with Crippen molar-refractivity contribution in [2.75, 3.05) is 19.6 Å². The Morgan fingerprint density at radius 2 is 1.86 bits per heavy atom. The lowest BCUT2D eigenvalue weighted by Crippen LogP contribution is -2.54. The predicted molar refractivity (Wildman–Crippen MR) is 131 cm³/mol. The minimum atomic E-state index is -0.658. The van der Waals surface area contributed by atoms with E-state index in [0.29, 0.717) is 12.3 Å². The summed E-state index contributed by atoms with van der Waals surface area (Å²) < 4.78 is 23.5. The number of hydrogen-bond donors (Lipinski definition) is 0. The zero-order valence-electron chi connectivity index (χ0n) is 19.8. The van der Waals surface area contributed by atoms with Crippen molar-refractivity contribution in [2.45, 2.75) is 24.8 Å². The van der Waals surface area contributed by atoms with Gasteiger partial charge >= 0.3 is 6.01 Å². The minimum Gasteiger partial charge on any atom is -0.424 e. The SMILES string of the molecule is CCN1CCC(c2ccc(F)cc2)(n2ccc(=O)n2C)C(c2ccnc(Oc3ccccc3)n2)C1. The fraction of sp³-hybridized carbons (Fsp3) is 0.296. The van der Waals surface area contributed by atoms with Gasteiger partial charge in [-0.15, -0.1) is 0 Å². The molecule has 0 aliphatic carbocycles. The van der Waals surface area contributed by atoms with Crippen LogP contribution in [-0.4, -0.2) is 43.9 Å². The first-order valence-electron chi connectivity index (χ1n) is 11.8. The van der Waals surface area contributed by atoms with Crippen LogP contribution in [0.5, 0.6) is 11.8 Å². The summed E-state index contributed by atoms with van der Waals surface area (Å²) in [5.41, 5.74) is 0.971. The van der Waals surface area contributed by atoms with Gasteiger partial charge in [0, 0.05) is 44.5 Å². The van der Waals surface area contributed by atoms with E-state index in [-0.39, 0.29) is 23.3 Å². The van der Waals surface area contributed by atoms with Gasteiger partial charge in [0.1, 0.15) is 11.6 Å². The molecule has 8 heteroatoms. The third-order valence-electron chi connectivity index (χ3n) is 6.99. The number of aromatic nitrogens is 4. The van der Waals surface area contributed by atoms with Gasteiger partial charge in [-0.2, -0.15) is 4.98 Å². The first-order valence-corrected chi connectivity index (χ1v) is 11.8. The van der Waals surface area contributed by atoms with Crippen molar-refractivity contribution >= 4 is 0 Å². The second-order valence-corrected chi connectivity index (χ2v) is 8.83.